The van der Waals surface area contributed by atoms with Crippen LogP contribution in [0, 0.1) is 0 Å². The second kappa shape index (κ2) is 6.99. The van der Waals surface area contributed by atoms with E-state index in [0.717, 1.165) is 51.4 Å². The summed E-state index contributed by atoms with van der Waals surface area (Å²) in [6.07, 6.45) is 6.52. The van der Waals surface area contributed by atoms with Crippen LogP contribution >= 0.6 is 11.8 Å². The van der Waals surface area contributed by atoms with Gasteiger partial charge in [-0.25, -0.2) is 0 Å². The molecule has 1 aromatic carbocycles. The van der Waals surface area contributed by atoms with Crippen LogP contribution in [0.2, 0.25) is 0 Å². The van der Waals surface area contributed by atoms with Crippen LogP contribution in [0.3, 0.4) is 0 Å². The third kappa shape index (κ3) is 4.53. The summed E-state index contributed by atoms with van der Waals surface area (Å²) in [4.78, 5) is 4.61. The minimum Gasteiger partial charge on any atom is -0.399 e. The molecule has 1 aromatic rings. The van der Waals surface area contributed by atoms with Gasteiger partial charge in [0.2, 0.25) is 0 Å². The average molecular weight is 338 g/mol. The Kier molecular flexibility index (Phi) is 4.99. The minimum atomic E-state index is 0.329. The van der Waals surface area contributed by atoms with Crippen LogP contribution in [0.1, 0.15) is 12.8 Å². The predicted molar refractivity (Wildman–Crippen MR) is 94.8 cm³/mol. The van der Waals surface area contributed by atoms with Crippen molar-refractivity contribution < 1.29 is 8.74 Å². The van der Waals surface area contributed by atoms with Crippen LogP contribution in [0.25, 0.3) is 0 Å². The van der Waals surface area contributed by atoms with E-state index < -0.39 is 0 Å². The molecule has 2 N–H and O–H groups in total. The maximum atomic E-state index is 6.23. The Morgan fingerprint density at radius 1 is 1.35 bits per heavy atom. The molecule has 6 heteroatoms. The lowest BCUT2D eigenvalue weighted by molar-refractivity contribution is -0.740. The monoisotopic (exact) mass is 337 g/mol. The van der Waals surface area contributed by atoms with Crippen LogP contribution in [-0.4, -0.2) is 55.0 Å². The zero-order chi connectivity index (χ0) is 16.3. The van der Waals surface area contributed by atoms with Crippen molar-refractivity contribution in [2.75, 3.05) is 50.6 Å². The molecule has 2 atom stereocenters. The van der Waals surface area contributed by atoms with Crippen LogP contribution < -0.4 is 10.6 Å². The maximum Gasteiger partial charge on any atom is 0.175 e. The molecular weight excluding hydrogens is 312 g/mol. The summed E-state index contributed by atoms with van der Waals surface area (Å²) in [5.74, 6) is 0. The van der Waals surface area contributed by atoms with Crippen molar-refractivity contribution in [1.82, 2.24) is 4.90 Å². The Morgan fingerprint density at radius 3 is 2.83 bits per heavy atom. The number of rotatable bonds is 6. The second-order valence-corrected chi connectivity index (χ2v) is 7.34. The molecule has 1 fully saturated rings. The molecule has 0 spiro atoms. The second-order valence-electron chi connectivity index (χ2n) is 6.57. The number of benzene rings is 1. The molecule has 1 saturated heterocycles. The first-order chi connectivity index (χ1) is 11.0. The molecule has 126 valence electrons. The van der Waals surface area contributed by atoms with Crippen LogP contribution in [0.4, 0.5) is 11.4 Å². The van der Waals surface area contributed by atoms with Gasteiger partial charge in [-0.3, -0.25) is 0 Å². The van der Waals surface area contributed by atoms with Gasteiger partial charge in [-0.1, -0.05) is 0 Å². The van der Waals surface area contributed by atoms with Gasteiger partial charge in [0.1, 0.15) is 6.20 Å². The summed E-state index contributed by atoms with van der Waals surface area (Å²) in [6.45, 7) is 4.63. The van der Waals surface area contributed by atoms with E-state index in [1.165, 1.54) is 5.69 Å². The Balaban J connectivity index is 1.34. The molecule has 0 radical (unpaired) electrons. The molecule has 2 unspecified atom stereocenters. The number of halogens is 1. The first kappa shape index (κ1) is 16.4. The first-order valence-electron chi connectivity index (χ1n) is 8.22. The fraction of sp³-hybridized carbons (Fsp3) is 0.529. The number of hydrogen-bond acceptors (Lipinski definition) is 4. The van der Waals surface area contributed by atoms with E-state index in [0.29, 0.717) is 10.1 Å². The van der Waals surface area contributed by atoms with Gasteiger partial charge >= 0.3 is 0 Å². The van der Waals surface area contributed by atoms with Crippen LogP contribution in [-0.2, 0) is 4.74 Å². The highest BCUT2D eigenvalue weighted by Gasteiger charge is 2.26. The highest BCUT2D eigenvalue weighted by Crippen LogP contribution is 2.23. The summed E-state index contributed by atoms with van der Waals surface area (Å²) in [6, 6.07) is 8.07. The molecule has 5 nitrogen and oxygen atoms in total. The molecule has 0 aliphatic carbocycles. The third-order valence-corrected chi connectivity index (χ3v) is 4.61. The van der Waals surface area contributed by atoms with Crippen molar-refractivity contribution in [3.8, 4) is 0 Å². The lowest BCUT2D eigenvalue weighted by Crippen LogP contribution is -2.32. The Labute approximate surface area is 143 Å². The van der Waals surface area contributed by atoms with Crippen LogP contribution in [0.15, 0.2) is 36.7 Å². The van der Waals surface area contributed by atoms with Gasteiger partial charge in [0.15, 0.2) is 18.4 Å². The van der Waals surface area contributed by atoms with E-state index in [9.17, 15) is 0 Å². The molecule has 0 aromatic heterocycles. The third-order valence-electron chi connectivity index (χ3n) is 4.39. The molecule has 0 amide bonds. The Hall–Kier alpha value is -1.43. The molecule has 0 saturated carbocycles. The Bertz CT molecular complexity index is 546. The number of quaternary nitrogens is 1. The van der Waals surface area contributed by atoms with Gasteiger partial charge in [-0.2, -0.15) is 4.00 Å². The number of hydrogen-bond donors (Lipinski definition) is 1. The van der Waals surface area contributed by atoms with Crippen molar-refractivity contribution in [3.63, 3.8) is 0 Å². The standard InChI is InChI=1S/C17H26ClN4O/c1-22(18)11-10-20(14-22)8-2-12-23-17-7-9-21(13-17)16-5-3-15(19)4-6-16/h3-6,10-11,17H,2,7-9,12-14,19H2,1H3/q+1. The highest BCUT2D eigenvalue weighted by atomic mass is 35.5. The van der Waals surface area contributed by atoms with Crippen molar-refractivity contribution >= 4 is 23.2 Å². The fourth-order valence-corrected chi connectivity index (χ4v) is 3.32. The fourth-order valence-electron chi connectivity index (χ4n) is 3.13. The number of ether oxygens (including phenoxy) is 1. The van der Waals surface area contributed by atoms with Crippen molar-refractivity contribution in [2.24, 2.45) is 0 Å². The summed E-state index contributed by atoms with van der Waals surface area (Å²) < 4.78 is 6.45. The van der Waals surface area contributed by atoms with E-state index in [-0.39, 0.29) is 0 Å². The summed E-state index contributed by atoms with van der Waals surface area (Å²) in [7, 11) is 1.98. The topological polar surface area (TPSA) is 41.7 Å². The lowest BCUT2D eigenvalue weighted by atomic mass is 10.2. The molecule has 0 bridgehead atoms. The summed E-state index contributed by atoms with van der Waals surface area (Å²) >= 11 is 6.23. The minimum absolute atomic E-state index is 0.329. The van der Waals surface area contributed by atoms with Gasteiger partial charge in [-0.05, 0) is 37.1 Å². The van der Waals surface area contributed by atoms with Crippen molar-refractivity contribution in [2.45, 2.75) is 18.9 Å². The van der Waals surface area contributed by atoms with Crippen molar-refractivity contribution in [1.29, 1.82) is 0 Å². The molecule has 2 aliphatic rings. The zero-order valence-electron chi connectivity index (χ0n) is 13.7. The first-order valence-corrected chi connectivity index (χ1v) is 8.56. The number of nitrogens with two attached hydrogens (primary N) is 1. The summed E-state index contributed by atoms with van der Waals surface area (Å²) in [5, 5.41) is 0. The molecule has 3 rings (SSSR count). The van der Waals surface area contributed by atoms with Gasteiger partial charge in [0.05, 0.1) is 19.4 Å². The van der Waals surface area contributed by atoms with E-state index in [1.54, 1.807) is 0 Å². The number of nitrogen functional groups attached to an aromatic ring is 1. The Morgan fingerprint density at radius 2 is 2.13 bits per heavy atom. The van der Waals surface area contributed by atoms with E-state index in [1.807, 2.05) is 25.4 Å². The van der Waals surface area contributed by atoms with Gasteiger partial charge in [0, 0.05) is 37.6 Å². The summed E-state index contributed by atoms with van der Waals surface area (Å²) in [5.41, 5.74) is 7.78. The predicted octanol–water partition coefficient (Wildman–Crippen LogP) is 2.60. The molecule has 2 heterocycles. The molecule has 2 aliphatic heterocycles. The van der Waals surface area contributed by atoms with Gasteiger partial charge < -0.3 is 20.3 Å². The smallest absolute Gasteiger partial charge is 0.175 e. The number of nitrogens with zero attached hydrogens (tertiary/aromatic N) is 3. The normalized spacial score (nSPS) is 27.1. The molecule has 23 heavy (non-hydrogen) atoms. The van der Waals surface area contributed by atoms with Gasteiger partial charge in [0.25, 0.3) is 0 Å². The van der Waals surface area contributed by atoms with E-state index in [2.05, 4.69) is 28.1 Å². The number of anilines is 2. The lowest BCUT2D eigenvalue weighted by Gasteiger charge is -2.20. The van der Waals surface area contributed by atoms with E-state index >= 15 is 0 Å². The molecular formula is C17H26ClN4O+. The van der Waals surface area contributed by atoms with E-state index in [4.69, 9.17) is 22.2 Å². The van der Waals surface area contributed by atoms with Gasteiger partial charge in [-0.15, -0.1) is 0 Å². The van der Waals surface area contributed by atoms with Crippen molar-refractivity contribution in [3.05, 3.63) is 36.7 Å². The SMILES string of the molecule is C[N+]1(Cl)C=CN(CCCOC2CCN(c3ccc(N)cc3)C2)C1. The highest BCUT2D eigenvalue weighted by molar-refractivity contribution is 6.07. The van der Waals surface area contributed by atoms with Crippen LogP contribution in [0.5, 0.6) is 0 Å². The quantitative estimate of drug-likeness (QED) is 0.492. The maximum absolute atomic E-state index is 6.23. The average Bonchev–Trinajstić information content (AvgIpc) is 3.11. The largest absolute Gasteiger partial charge is 0.399 e. The zero-order valence-corrected chi connectivity index (χ0v) is 14.5.